The Balaban J connectivity index is 2.25. The molecule has 0 bridgehead atoms. The van der Waals surface area contributed by atoms with E-state index in [2.05, 4.69) is 103 Å². The van der Waals surface area contributed by atoms with Gasteiger partial charge in [0.05, 0.1) is 11.3 Å². The van der Waals surface area contributed by atoms with E-state index in [4.69, 9.17) is 6.42 Å². The van der Waals surface area contributed by atoms with Crippen LogP contribution in [-0.2, 0) is 6.42 Å². The zero-order valence-corrected chi connectivity index (χ0v) is 20.8. The molecule has 0 aliphatic carbocycles. The Morgan fingerprint density at radius 1 is 1.03 bits per heavy atom. The summed E-state index contributed by atoms with van der Waals surface area (Å²) in [5, 5.41) is 0. The molecule has 2 aromatic carbocycles. The van der Waals surface area contributed by atoms with Gasteiger partial charge in [-0.1, -0.05) is 71.4 Å². The third kappa shape index (κ3) is 5.14. The first-order chi connectivity index (χ1) is 15.8. The number of terminal acetylenes is 1. The van der Waals surface area contributed by atoms with E-state index in [1.807, 2.05) is 20.2 Å². The molecule has 0 saturated carbocycles. The molecule has 0 unspecified atom stereocenters. The molecule has 3 rings (SSSR count). The van der Waals surface area contributed by atoms with Crippen molar-refractivity contribution in [3.63, 3.8) is 0 Å². The van der Waals surface area contributed by atoms with Gasteiger partial charge in [-0.2, -0.15) is 4.99 Å². The molecule has 0 amide bonds. The number of rotatable bonds is 6. The molecule has 4 nitrogen and oxygen atoms in total. The highest BCUT2D eigenvalue weighted by Gasteiger charge is 2.24. The zero-order valence-electron chi connectivity index (χ0n) is 20.8. The number of hydrogen-bond donors (Lipinski definition) is 0. The number of aliphatic imine (C=N–C) groups is 1. The fourth-order valence-electron chi connectivity index (χ4n) is 4.13. The number of nitrogens with zero attached hydrogens (tertiary/aromatic N) is 4. The molecular formula is C29H34N4. The minimum absolute atomic E-state index is 0.315. The van der Waals surface area contributed by atoms with Crippen LogP contribution >= 0.6 is 0 Å². The molecule has 0 radical (unpaired) electrons. The van der Waals surface area contributed by atoms with Gasteiger partial charge in [0.15, 0.2) is 5.84 Å². The summed E-state index contributed by atoms with van der Waals surface area (Å²) in [6, 6.07) is 17.6. The van der Waals surface area contributed by atoms with Crippen molar-refractivity contribution in [3.8, 4) is 23.6 Å². The molecule has 1 aromatic heterocycles. The Morgan fingerprint density at radius 2 is 1.64 bits per heavy atom. The molecule has 0 fully saturated rings. The second-order valence-electron chi connectivity index (χ2n) is 8.94. The van der Waals surface area contributed by atoms with Gasteiger partial charge >= 0.3 is 0 Å². The third-order valence-electron chi connectivity index (χ3n) is 5.93. The van der Waals surface area contributed by atoms with E-state index in [0.29, 0.717) is 17.7 Å². The van der Waals surface area contributed by atoms with Crippen LogP contribution in [0, 0.1) is 19.4 Å². The van der Waals surface area contributed by atoms with Gasteiger partial charge in [-0.3, -0.25) is 0 Å². The molecule has 0 N–H and O–H groups in total. The highest BCUT2D eigenvalue weighted by atomic mass is 15.2. The van der Waals surface area contributed by atoms with Crippen LogP contribution in [0.1, 0.15) is 74.7 Å². The normalized spacial score (nSPS) is 11.7. The summed E-state index contributed by atoms with van der Waals surface area (Å²) >= 11 is 0. The smallest absolute Gasteiger partial charge is 0.153 e. The quantitative estimate of drug-likeness (QED) is 0.243. The molecular weight excluding hydrogens is 404 g/mol. The predicted octanol–water partition coefficient (Wildman–Crippen LogP) is 6.73. The van der Waals surface area contributed by atoms with E-state index in [0.717, 1.165) is 29.2 Å². The van der Waals surface area contributed by atoms with Gasteiger partial charge in [0.25, 0.3) is 0 Å². The lowest BCUT2D eigenvalue weighted by molar-refractivity contribution is 0.830. The highest BCUT2D eigenvalue weighted by Crippen LogP contribution is 2.39. The number of hydrogen-bond acceptors (Lipinski definition) is 3. The van der Waals surface area contributed by atoms with Crippen molar-refractivity contribution in [2.75, 3.05) is 11.9 Å². The molecule has 170 valence electrons. The summed E-state index contributed by atoms with van der Waals surface area (Å²) in [6.07, 6.45) is 8.31. The van der Waals surface area contributed by atoms with E-state index in [9.17, 15) is 0 Å². The van der Waals surface area contributed by atoms with E-state index < -0.39 is 0 Å². The summed E-state index contributed by atoms with van der Waals surface area (Å²) in [5.74, 6) is 2.14. The average molecular weight is 439 g/mol. The van der Waals surface area contributed by atoms with Crippen molar-refractivity contribution in [3.05, 3.63) is 76.9 Å². The summed E-state index contributed by atoms with van der Waals surface area (Å²) < 4.78 is 0. The molecule has 0 aliphatic heterocycles. The number of amidine groups is 1. The summed E-state index contributed by atoms with van der Waals surface area (Å²) in [6.45, 7) is 13.0. The molecule has 0 spiro atoms. The van der Waals surface area contributed by atoms with Crippen LogP contribution < -0.4 is 4.90 Å². The van der Waals surface area contributed by atoms with Gasteiger partial charge < -0.3 is 4.90 Å². The lowest BCUT2D eigenvalue weighted by Crippen LogP contribution is -2.31. The maximum absolute atomic E-state index is 5.68. The van der Waals surface area contributed by atoms with Gasteiger partial charge in [0.1, 0.15) is 5.82 Å². The third-order valence-corrected chi connectivity index (χ3v) is 5.93. The van der Waals surface area contributed by atoms with Crippen LogP contribution in [0.2, 0.25) is 0 Å². The largest absolute Gasteiger partial charge is 0.328 e. The number of aryl methyl sites for hydroxylation is 2. The first-order valence-corrected chi connectivity index (χ1v) is 11.6. The first kappa shape index (κ1) is 24.2. The van der Waals surface area contributed by atoms with Crippen LogP contribution in [0.15, 0.2) is 53.7 Å². The van der Waals surface area contributed by atoms with Crippen LogP contribution in [0.4, 0.5) is 5.69 Å². The number of aromatic nitrogens is 2. The second-order valence-corrected chi connectivity index (χ2v) is 8.94. The van der Waals surface area contributed by atoms with Crippen molar-refractivity contribution in [1.82, 2.24) is 9.97 Å². The number of benzene rings is 2. The van der Waals surface area contributed by atoms with E-state index in [-0.39, 0.29) is 0 Å². The van der Waals surface area contributed by atoms with Crippen molar-refractivity contribution >= 4 is 11.5 Å². The van der Waals surface area contributed by atoms with Gasteiger partial charge in [0.2, 0.25) is 0 Å². The Hall–Kier alpha value is -3.45. The highest BCUT2D eigenvalue weighted by molar-refractivity contribution is 6.11. The summed E-state index contributed by atoms with van der Waals surface area (Å²) in [4.78, 5) is 15.8. The Bertz CT molecular complexity index is 1150. The maximum atomic E-state index is 5.68. The summed E-state index contributed by atoms with van der Waals surface area (Å²) in [5.41, 5.74) is 7.83. The first-order valence-electron chi connectivity index (χ1n) is 11.6. The van der Waals surface area contributed by atoms with Crippen LogP contribution in [0.25, 0.3) is 11.1 Å². The lowest BCUT2D eigenvalue weighted by Gasteiger charge is -2.30. The maximum Gasteiger partial charge on any atom is 0.153 e. The monoisotopic (exact) mass is 438 g/mol. The van der Waals surface area contributed by atoms with E-state index in [1.165, 1.54) is 22.3 Å². The number of anilines is 1. The van der Waals surface area contributed by atoms with Crippen molar-refractivity contribution in [1.29, 1.82) is 0 Å². The second kappa shape index (κ2) is 10.4. The Kier molecular flexibility index (Phi) is 7.66. The molecule has 33 heavy (non-hydrogen) atoms. The molecule has 1 heterocycles. The predicted molar refractivity (Wildman–Crippen MR) is 140 cm³/mol. The van der Waals surface area contributed by atoms with E-state index in [1.54, 1.807) is 0 Å². The van der Waals surface area contributed by atoms with Crippen molar-refractivity contribution in [2.45, 2.75) is 59.8 Å². The fourth-order valence-corrected chi connectivity index (χ4v) is 4.13. The van der Waals surface area contributed by atoms with Crippen LogP contribution in [0.3, 0.4) is 0 Å². The molecule has 0 atom stereocenters. The van der Waals surface area contributed by atoms with E-state index >= 15 is 0 Å². The Labute approximate surface area is 198 Å². The average Bonchev–Trinajstić information content (AvgIpc) is 2.82. The molecule has 4 heteroatoms. The minimum Gasteiger partial charge on any atom is -0.328 e. The topological polar surface area (TPSA) is 41.4 Å². The lowest BCUT2D eigenvalue weighted by atomic mass is 9.87. The van der Waals surface area contributed by atoms with Gasteiger partial charge in [0, 0.05) is 31.4 Å². The van der Waals surface area contributed by atoms with Crippen molar-refractivity contribution in [2.24, 2.45) is 4.99 Å². The van der Waals surface area contributed by atoms with Crippen molar-refractivity contribution < 1.29 is 0 Å². The fraction of sp³-hybridized carbons (Fsp3) is 0.345. The standard InChI is InChI=1S/C29H34N4/c1-9-27-31-18-26(21(7)32-27)29(30-10-2)33(8)28-24(19(3)4)16-23(17-25(28)20(5)6)22-14-12-11-13-15-22/h2,11-20H,9H2,1,3-8H3. The zero-order chi connectivity index (χ0) is 24.1. The van der Waals surface area contributed by atoms with Gasteiger partial charge in [-0.25, -0.2) is 9.97 Å². The summed E-state index contributed by atoms with van der Waals surface area (Å²) in [7, 11) is 2.04. The molecule has 0 saturated heterocycles. The van der Waals surface area contributed by atoms with Crippen LogP contribution in [-0.4, -0.2) is 22.9 Å². The Morgan fingerprint density at radius 3 is 2.12 bits per heavy atom. The molecule has 0 aliphatic rings. The van der Waals surface area contributed by atoms with Gasteiger partial charge in [-0.15, -0.1) is 0 Å². The molecule has 3 aromatic rings. The SMILES string of the molecule is C#CN=C(c1cnc(CC)nc1C)N(C)c1c(C(C)C)cc(-c2ccccc2)cc1C(C)C. The van der Waals surface area contributed by atoms with Gasteiger partial charge in [-0.05, 0) is 53.1 Å². The van der Waals surface area contributed by atoms with Crippen LogP contribution in [0.5, 0.6) is 0 Å². The minimum atomic E-state index is 0.315.